The molecule has 37 heavy (non-hydrogen) atoms. The van der Waals surface area contributed by atoms with Gasteiger partial charge < -0.3 is 0 Å². The Kier molecular flexibility index (Phi) is 6.24. The van der Waals surface area contributed by atoms with Crippen molar-refractivity contribution in [2.75, 3.05) is 0 Å². The van der Waals surface area contributed by atoms with E-state index in [2.05, 4.69) is 101 Å². The average molecular weight is 503 g/mol. The molecule has 1 heterocycles. The Labute approximate surface area is 226 Å². The standard InChI is InChI=1S/C36H38S/c1-7-9-11-31-35-29-19-27-23(5)17-21(3)13-15-25(27)33(29)34-26-16-14-22(4)18-24(6)28(26)20-30(34)36(35)32(37-31)12-10-8-2/h13-20H,7-12H2,1-6H3. The molecule has 188 valence electrons. The van der Waals surface area contributed by atoms with Gasteiger partial charge in [0.05, 0.1) is 0 Å². The van der Waals surface area contributed by atoms with Crippen LogP contribution < -0.4 is 0 Å². The lowest BCUT2D eigenvalue weighted by Gasteiger charge is -2.07. The van der Waals surface area contributed by atoms with Crippen molar-refractivity contribution >= 4 is 43.7 Å². The minimum absolute atomic E-state index is 1.19. The summed E-state index contributed by atoms with van der Waals surface area (Å²) in [6.45, 7) is 13.6. The molecule has 0 bridgehead atoms. The summed E-state index contributed by atoms with van der Waals surface area (Å²) >= 11 is 2.11. The summed E-state index contributed by atoms with van der Waals surface area (Å²) in [5, 5.41) is 8.98. The zero-order chi connectivity index (χ0) is 25.8. The van der Waals surface area contributed by atoms with Crippen LogP contribution in [-0.2, 0) is 12.8 Å². The van der Waals surface area contributed by atoms with Crippen LogP contribution in [0.25, 0.3) is 54.6 Å². The van der Waals surface area contributed by atoms with E-state index in [0.717, 1.165) is 0 Å². The van der Waals surface area contributed by atoms with Gasteiger partial charge in [-0.15, -0.1) is 11.3 Å². The van der Waals surface area contributed by atoms with E-state index in [1.165, 1.54) is 105 Å². The van der Waals surface area contributed by atoms with Gasteiger partial charge in [-0.1, -0.05) is 74.2 Å². The molecule has 0 amide bonds. The van der Waals surface area contributed by atoms with Crippen LogP contribution in [-0.4, -0.2) is 0 Å². The van der Waals surface area contributed by atoms with Gasteiger partial charge in [0.2, 0.25) is 0 Å². The number of hydrogen-bond donors (Lipinski definition) is 0. The number of hydrogen-bond acceptors (Lipinski definition) is 1. The molecule has 1 aromatic heterocycles. The third-order valence-electron chi connectivity index (χ3n) is 8.36. The Morgan fingerprint density at radius 1 is 0.514 bits per heavy atom. The zero-order valence-corrected chi connectivity index (χ0v) is 24.1. The van der Waals surface area contributed by atoms with Gasteiger partial charge in [0.1, 0.15) is 0 Å². The van der Waals surface area contributed by atoms with Crippen molar-refractivity contribution in [3.8, 4) is 22.3 Å². The van der Waals surface area contributed by atoms with Gasteiger partial charge in [-0.05, 0) is 120 Å². The van der Waals surface area contributed by atoms with E-state index in [1.54, 1.807) is 20.5 Å². The number of thiophene rings is 1. The van der Waals surface area contributed by atoms with E-state index in [-0.39, 0.29) is 0 Å². The van der Waals surface area contributed by atoms with E-state index in [9.17, 15) is 0 Å². The summed E-state index contributed by atoms with van der Waals surface area (Å²) in [5.74, 6) is 0. The zero-order valence-electron chi connectivity index (χ0n) is 23.3. The first-order chi connectivity index (χ1) is 17.9. The SMILES string of the molecule is CCCCc1sc(CCCC)c2c3cc4c(C)cc(C)ccc-4c3c3c4ccc(C)cc(C)c-4cc3c12. The molecular weight excluding hydrogens is 464 g/mol. The Morgan fingerprint density at radius 2 is 0.946 bits per heavy atom. The molecule has 0 saturated heterocycles. The molecule has 0 nitrogen and oxygen atoms in total. The van der Waals surface area contributed by atoms with E-state index < -0.39 is 0 Å². The van der Waals surface area contributed by atoms with Crippen LogP contribution in [0.4, 0.5) is 0 Å². The average Bonchev–Trinajstić information content (AvgIpc) is 3.49. The molecule has 2 aromatic rings. The second-order valence-electron chi connectivity index (χ2n) is 11.2. The molecule has 0 spiro atoms. The van der Waals surface area contributed by atoms with E-state index >= 15 is 0 Å². The second kappa shape index (κ2) is 9.44. The fourth-order valence-corrected chi connectivity index (χ4v) is 7.99. The molecule has 0 fully saturated rings. The molecule has 6 rings (SSSR count). The van der Waals surface area contributed by atoms with E-state index in [4.69, 9.17) is 0 Å². The minimum atomic E-state index is 1.19. The van der Waals surface area contributed by atoms with Gasteiger partial charge >= 0.3 is 0 Å². The molecule has 4 aliphatic carbocycles. The van der Waals surface area contributed by atoms with Gasteiger partial charge in [-0.25, -0.2) is 0 Å². The monoisotopic (exact) mass is 502 g/mol. The maximum absolute atomic E-state index is 2.53. The lowest BCUT2D eigenvalue weighted by Crippen LogP contribution is -1.83. The van der Waals surface area contributed by atoms with Crippen LogP contribution in [0.1, 0.15) is 71.5 Å². The molecule has 1 aromatic carbocycles. The summed E-state index contributed by atoms with van der Waals surface area (Å²) < 4.78 is 0. The molecule has 0 atom stereocenters. The molecule has 1 heteroatoms. The largest absolute Gasteiger partial charge is 0.144 e. The van der Waals surface area contributed by atoms with E-state index in [1.807, 2.05) is 0 Å². The molecule has 4 aliphatic rings. The molecule has 0 aliphatic heterocycles. The van der Waals surface area contributed by atoms with Crippen LogP contribution >= 0.6 is 11.3 Å². The first kappa shape index (κ1) is 24.4. The molecule has 0 unspecified atom stereocenters. The van der Waals surface area contributed by atoms with Gasteiger partial charge in [0.15, 0.2) is 0 Å². The van der Waals surface area contributed by atoms with Crippen LogP contribution in [0.15, 0.2) is 48.5 Å². The predicted molar refractivity (Wildman–Crippen MR) is 166 cm³/mol. The highest BCUT2D eigenvalue weighted by atomic mass is 32.1. The van der Waals surface area contributed by atoms with Crippen molar-refractivity contribution in [1.29, 1.82) is 0 Å². The summed E-state index contributed by atoms with van der Waals surface area (Å²) in [6, 6.07) is 19.2. The van der Waals surface area contributed by atoms with Gasteiger partial charge in [-0.3, -0.25) is 0 Å². The fraction of sp³-hybridized carbons (Fsp3) is 0.333. The highest BCUT2D eigenvalue weighted by molar-refractivity contribution is 7.14. The normalized spacial score (nSPS) is 12.2. The third kappa shape index (κ3) is 3.86. The number of fused-ring (bicyclic) bond motifs is 10. The maximum atomic E-state index is 2.53. The summed E-state index contributed by atoms with van der Waals surface area (Å²) in [5.41, 5.74) is 11.0. The van der Waals surface area contributed by atoms with Crippen molar-refractivity contribution in [2.45, 2.75) is 80.1 Å². The highest BCUT2D eigenvalue weighted by Crippen LogP contribution is 2.53. The summed E-state index contributed by atoms with van der Waals surface area (Å²) in [7, 11) is 0. The number of rotatable bonds is 6. The lowest BCUT2D eigenvalue weighted by atomic mass is 9.95. The van der Waals surface area contributed by atoms with Crippen molar-refractivity contribution in [1.82, 2.24) is 0 Å². The van der Waals surface area contributed by atoms with Crippen molar-refractivity contribution in [3.05, 3.63) is 80.5 Å². The molecule has 0 N–H and O–H groups in total. The quantitative estimate of drug-likeness (QED) is 0.212. The number of benzene rings is 1. The Morgan fingerprint density at radius 3 is 1.35 bits per heavy atom. The highest BCUT2D eigenvalue weighted by Gasteiger charge is 2.26. The van der Waals surface area contributed by atoms with Crippen molar-refractivity contribution in [3.63, 3.8) is 0 Å². The van der Waals surface area contributed by atoms with Gasteiger partial charge in [-0.2, -0.15) is 0 Å². The molecule has 0 radical (unpaired) electrons. The van der Waals surface area contributed by atoms with Crippen LogP contribution in [0, 0.1) is 27.7 Å². The molecular formula is C36H38S. The minimum Gasteiger partial charge on any atom is -0.144 e. The number of unbranched alkanes of at least 4 members (excludes halogenated alkanes) is 2. The predicted octanol–water partition coefficient (Wildman–Crippen LogP) is 11.3. The van der Waals surface area contributed by atoms with Crippen LogP contribution in [0.3, 0.4) is 0 Å². The second-order valence-corrected chi connectivity index (χ2v) is 12.4. The fourth-order valence-electron chi connectivity index (χ4n) is 6.57. The first-order valence-electron chi connectivity index (χ1n) is 14.2. The summed E-state index contributed by atoms with van der Waals surface area (Å²) in [4.78, 5) is 3.21. The smallest absolute Gasteiger partial charge is 0.0133 e. The van der Waals surface area contributed by atoms with E-state index in [0.29, 0.717) is 0 Å². The van der Waals surface area contributed by atoms with Crippen LogP contribution in [0.5, 0.6) is 0 Å². The van der Waals surface area contributed by atoms with Crippen molar-refractivity contribution < 1.29 is 0 Å². The van der Waals surface area contributed by atoms with Crippen molar-refractivity contribution in [2.24, 2.45) is 0 Å². The van der Waals surface area contributed by atoms with Gasteiger partial charge in [0, 0.05) is 20.5 Å². The van der Waals surface area contributed by atoms with Crippen LogP contribution in [0.2, 0.25) is 0 Å². The van der Waals surface area contributed by atoms with Gasteiger partial charge in [0.25, 0.3) is 0 Å². The number of aryl methyl sites for hydroxylation is 6. The third-order valence-corrected chi connectivity index (χ3v) is 9.67. The Hall–Kier alpha value is -2.90. The Bertz CT molecular complexity index is 1600. The lowest BCUT2D eigenvalue weighted by molar-refractivity contribution is 0.805. The summed E-state index contributed by atoms with van der Waals surface area (Å²) in [6.07, 6.45) is 7.36. The Balaban J connectivity index is 1.89. The molecule has 0 saturated carbocycles. The first-order valence-corrected chi connectivity index (χ1v) is 15.0. The topological polar surface area (TPSA) is 0 Å². The maximum Gasteiger partial charge on any atom is 0.0133 e.